The maximum Gasteiger partial charge on any atom is 0.105 e. The maximum atomic E-state index is 5.57. The lowest BCUT2D eigenvalue weighted by molar-refractivity contribution is 0.567. The average Bonchev–Trinajstić information content (AvgIpc) is 2.01. The first-order chi connectivity index (χ1) is 6.32. The van der Waals surface area contributed by atoms with Gasteiger partial charge in [-0.3, -0.25) is 4.98 Å². The maximum absolute atomic E-state index is 5.57. The van der Waals surface area contributed by atoms with Crippen molar-refractivity contribution in [3.05, 3.63) is 29.1 Å². The van der Waals surface area contributed by atoms with Crippen LogP contribution in [0.25, 0.3) is 0 Å². The second kappa shape index (κ2) is 3.65. The van der Waals surface area contributed by atoms with Gasteiger partial charge in [-0.05, 0) is 19.1 Å². The van der Waals surface area contributed by atoms with E-state index >= 15 is 0 Å². The van der Waals surface area contributed by atoms with E-state index in [2.05, 4.69) is 25.8 Å². The lowest BCUT2D eigenvalue weighted by atomic mass is 9.91. The van der Waals surface area contributed by atoms with Crippen LogP contribution in [0.5, 0.6) is 0 Å². The number of aryl methyl sites for hydroxylation is 1. The molecule has 0 unspecified atom stereocenters. The summed E-state index contributed by atoms with van der Waals surface area (Å²) >= 11 is 4.92. The molecule has 14 heavy (non-hydrogen) atoms. The largest absolute Gasteiger partial charge is 0.389 e. The van der Waals surface area contributed by atoms with E-state index in [1.807, 2.05) is 19.1 Å². The van der Waals surface area contributed by atoms with Crippen molar-refractivity contribution < 1.29 is 0 Å². The third kappa shape index (κ3) is 2.29. The number of rotatable bonds is 1. The second-order valence-electron chi connectivity index (χ2n) is 4.44. The molecule has 0 aliphatic rings. The standard InChI is InChI=1S/C11H16N2S/c1-7-8(10(12)14)5-6-9(13-7)11(2,3)4/h5-6H,1-4H3,(H2,12,14). The Kier molecular flexibility index (Phi) is 2.90. The van der Waals surface area contributed by atoms with Crippen LogP contribution in [0.3, 0.4) is 0 Å². The summed E-state index contributed by atoms with van der Waals surface area (Å²) in [4.78, 5) is 4.91. The minimum Gasteiger partial charge on any atom is -0.389 e. The van der Waals surface area contributed by atoms with Crippen LogP contribution in [0, 0.1) is 6.92 Å². The molecule has 0 aromatic carbocycles. The van der Waals surface area contributed by atoms with E-state index in [1.54, 1.807) is 0 Å². The molecule has 0 saturated heterocycles. The summed E-state index contributed by atoms with van der Waals surface area (Å²) in [7, 11) is 0. The summed E-state index contributed by atoms with van der Waals surface area (Å²) in [6.07, 6.45) is 0. The predicted molar refractivity (Wildman–Crippen MR) is 63.6 cm³/mol. The quantitative estimate of drug-likeness (QED) is 0.720. The molecule has 0 spiro atoms. The second-order valence-corrected chi connectivity index (χ2v) is 4.88. The first-order valence-corrected chi connectivity index (χ1v) is 5.01. The van der Waals surface area contributed by atoms with E-state index in [-0.39, 0.29) is 5.41 Å². The molecule has 1 aromatic heterocycles. The summed E-state index contributed by atoms with van der Waals surface area (Å²) in [5.41, 5.74) is 8.47. The van der Waals surface area contributed by atoms with Crippen LogP contribution >= 0.6 is 12.2 Å². The van der Waals surface area contributed by atoms with Gasteiger partial charge in [0.15, 0.2) is 0 Å². The van der Waals surface area contributed by atoms with Crippen LogP contribution in [0.15, 0.2) is 12.1 Å². The van der Waals surface area contributed by atoms with Gasteiger partial charge in [-0.2, -0.15) is 0 Å². The fourth-order valence-electron chi connectivity index (χ4n) is 1.24. The molecule has 0 radical (unpaired) electrons. The van der Waals surface area contributed by atoms with Crippen molar-refractivity contribution in [3.8, 4) is 0 Å². The third-order valence-electron chi connectivity index (χ3n) is 2.12. The van der Waals surface area contributed by atoms with E-state index in [9.17, 15) is 0 Å². The molecule has 0 saturated carbocycles. The van der Waals surface area contributed by atoms with Crippen LogP contribution in [-0.4, -0.2) is 9.97 Å². The van der Waals surface area contributed by atoms with Gasteiger partial charge in [-0.1, -0.05) is 33.0 Å². The first kappa shape index (κ1) is 11.1. The van der Waals surface area contributed by atoms with Crippen molar-refractivity contribution in [1.29, 1.82) is 0 Å². The van der Waals surface area contributed by atoms with Crippen LogP contribution in [0.1, 0.15) is 37.7 Å². The minimum atomic E-state index is 0.0690. The molecule has 3 heteroatoms. The summed E-state index contributed by atoms with van der Waals surface area (Å²) < 4.78 is 0. The lowest BCUT2D eigenvalue weighted by Crippen LogP contribution is -2.17. The zero-order valence-electron chi connectivity index (χ0n) is 9.09. The summed E-state index contributed by atoms with van der Waals surface area (Å²) in [6, 6.07) is 3.94. The molecule has 0 amide bonds. The fraction of sp³-hybridized carbons (Fsp3) is 0.455. The van der Waals surface area contributed by atoms with E-state index in [4.69, 9.17) is 18.0 Å². The Bertz CT molecular complexity index is 364. The molecule has 2 N–H and O–H groups in total. The Hall–Kier alpha value is -0.960. The normalized spacial score (nSPS) is 11.4. The van der Waals surface area contributed by atoms with E-state index in [0.717, 1.165) is 17.0 Å². The molecule has 2 nitrogen and oxygen atoms in total. The van der Waals surface area contributed by atoms with Crippen molar-refractivity contribution in [1.82, 2.24) is 4.98 Å². The smallest absolute Gasteiger partial charge is 0.105 e. The summed E-state index contributed by atoms with van der Waals surface area (Å²) in [6.45, 7) is 8.34. The first-order valence-electron chi connectivity index (χ1n) is 4.60. The van der Waals surface area contributed by atoms with Crippen LogP contribution in [0.4, 0.5) is 0 Å². The Morgan fingerprint density at radius 1 is 1.36 bits per heavy atom. The van der Waals surface area contributed by atoms with Crippen LogP contribution < -0.4 is 5.73 Å². The molecule has 1 heterocycles. The Balaban J connectivity index is 3.20. The zero-order chi connectivity index (χ0) is 10.9. The van der Waals surface area contributed by atoms with Gasteiger partial charge < -0.3 is 5.73 Å². The highest BCUT2D eigenvalue weighted by Gasteiger charge is 2.16. The number of pyridine rings is 1. The number of hydrogen-bond donors (Lipinski definition) is 1. The van der Waals surface area contributed by atoms with Gasteiger partial charge in [0.05, 0.1) is 0 Å². The Labute approximate surface area is 90.5 Å². The molecule has 0 atom stereocenters. The van der Waals surface area contributed by atoms with Gasteiger partial charge in [-0.25, -0.2) is 0 Å². The molecule has 1 rings (SSSR count). The highest BCUT2D eigenvalue weighted by molar-refractivity contribution is 7.80. The summed E-state index contributed by atoms with van der Waals surface area (Å²) in [5, 5.41) is 0. The van der Waals surface area contributed by atoms with Crippen molar-refractivity contribution in [2.75, 3.05) is 0 Å². The van der Waals surface area contributed by atoms with Crippen molar-refractivity contribution in [2.24, 2.45) is 5.73 Å². The molecule has 1 aromatic rings. The number of aromatic nitrogens is 1. The summed E-state index contributed by atoms with van der Waals surface area (Å²) in [5.74, 6) is 0. The van der Waals surface area contributed by atoms with Gasteiger partial charge in [0.25, 0.3) is 0 Å². The zero-order valence-corrected chi connectivity index (χ0v) is 9.90. The predicted octanol–water partition coefficient (Wildman–Crippen LogP) is 2.32. The molecule has 0 fully saturated rings. The van der Waals surface area contributed by atoms with Crippen LogP contribution in [-0.2, 0) is 5.41 Å². The number of nitrogens with zero attached hydrogens (tertiary/aromatic N) is 1. The third-order valence-corrected chi connectivity index (χ3v) is 2.34. The number of thiocarbonyl (C=S) groups is 1. The Morgan fingerprint density at radius 3 is 2.29 bits per heavy atom. The molecular formula is C11H16N2S. The van der Waals surface area contributed by atoms with E-state index < -0.39 is 0 Å². The SMILES string of the molecule is Cc1nc(C(C)(C)C)ccc1C(N)=S. The lowest BCUT2D eigenvalue weighted by Gasteiger charge is -2.18. The van der Waals surface area contributed by atoms with Gasteiger partial charge in [-0.15, -0.1) is 0 Å². The number of hydrogen-bond acceptors (Lipinski definition) is 2. The van der Waals surface area contributed by atoms with E-state index in [0.29, 0.717) is 4.99 Å². The number of nitrogens with two attached hydrogens (primary N) is 1. The molecule has 0 aliphatic carbocycles. The highest BCUT2D eigenvalue weighted by Crippen LogP contribution is 2.21. The molecule has 0 bridgehead atoms. The fourth-order valence-corrected chi connectivity index (χ4v) is 1.45. The van der Waals surface area contributed by atoms with Crippen LogP contribution in [0.2, 0.25) is 0 Å². The van der Waals surface area contributed by atoms with Crippen molar-refractivity contribution in [2.45, 2.75) is 33.1 Å². The molecular weight excluding hydrogens is 192 g/mol. The minimum absolute atomic E-state index is 0.0690. The van der Waals surface area contributed by atoms with Crippen molar-refractivity contribution in [3.63, 3.8) is 0 Å². The molecule has 0 aliphatic heterocycles. The van der Waals surface area contributed by atoms with Gasteiger partial charge >= 0.3 is 0 Å². The van der Waals surface area contributed by atoms with Gasteiger partial charge in [0, 0.05) is 22.4 Å². The highest BCUT2D eigenvalue weighted by atomic mass is 32.1. The average molecular weight is 208 g/mol. The van der Waals surface area contributed by atoms with Crippen molar-refractivity contribution >= 4 is 17.2 Å². The van der Waals surface area contributed by atoms with E-state index in [1.165, 1.54) is 0 Å². The van der Waals surface area contributed by atoms with Gasteiger partial charge in [0.1, 0.15) is 4.99 Å². The molecule has 76 valence electrons. The topological polar surface area (TPSA) is 38.9 Å². The van der Waals surface area contributed by atoms with Gasteiger partial charge in [0.2, 0.25) is 0 Å². The monoisotopic (exact) mass is 208 g/mol. The Morgan fingerprint density at radius 2 is 1.93 bits per heavy atom.